The largest absolute Gasteiger partial charge is 0.376 e. The molecule has 1 aliphatic rings. The van der Waals surface area contributed by atoms with Gasteiger partial charge in [0, 0.05) is 42.1 Å². The summed E-state index contributed by atoms with van der Waals surface area (Å²) in [6, 6.07) is 11.7. The van der Waals surface area contributed by atoms with E-state index in [1.807, 2.05) is 4.57 Å². The number of hydrogen-bond donors (Lipinski definition) is 1. The van der Waals surface area contributed by atoms with Crippen molar-refractivity contribution in [1.29, 1.82) is 0 Å². The van der Waals surface area contributed by atoms with E-state index in [1.165, 1.54) is 42.1 Å². The Labute approximate surface area is 197 Å². The van der Waals surface area contributed by atoms with Gasteiger partial charge in [-0.05, 0) is 31.0 Å². The number of nitrogens with zero attached hydrogens (tertiary/aromatic N) is 5. The number of non-ortho nitro benzene ring substituents is 2. The molecular weight excluding hydrogens is 464 g/mol. The van der Waals surface area contributed by atoms with Gasteiger partial charge in [0.25, 0.3) is 11.4 Å². The Kier molecular flexibility index (Phi) is 7.13. The van der Waals surface area contributed by atoms with E-state index in [9.17, 15) is 25.0 Å². The van der Waals surface area contributed by atoms with Crippen LogP contribution in [0.2, 0.25) is 0 Å². The van der Waals surface area contributed by atoms with Crippen LogP contribution >= 0.6 is 11.8 Å². The van der Waals surface area contributed by atoms with Gasteiger partial charge in [-0.2, -0.15) is 0 Å². The van der Waals surface area contributed by atoms with Crippen LogP contribution in [0.4, 0.5) is 17.1 Å². The molecule has 1 saturated heterocycles. The van der Waals surface area contributed by atoms with Gasteiger partial charge >= 0.3 is 0 Å². The van der Waals surface area contributed by atoms with Crippen molar-refractivity contribution in [1.82, 2.24) is 14.8 Å². The van der Waals surface area contributed by atoms with Crippen LogP contribution in [0.1, 0.15) is 12.8 Å². The van der Waals surface area contributed by atoms with E-state index in [0.29, 0.717) is 35.4 Å². The second-order valence-electron chi connectivity index (χ2n) is 7.50. The lowest BCUT2D eigenvalue weighted by Gasteiger charge is -2.14. The van der Waals surface area contributed by atoms with Crippen molar-refractivity contribution in [2.45, 2.75) is 30.6 Å². The summed E-state index contributed by atoms with van der Waals surface area (Å²) >= 11 is 1.17. The summed E-state index contributed by atoms with van der Waals surface area (Å²) in [7, 11) is 0. The number of carbonyl (C=O) groups is 1. The minimum absolute atomic E-state index is 0.00656. The van der Waals surface area contributed by atoms with Gasteiger partial charge in [-0.3, -0.25) is 29.6 Å². The summed E-state index contributed by atoms with van der Waals surface area (Å²) in [6.07, 6.45) is 1.81. The molecule has 1 aliphatic heterocycles. The number of carbonyl (C=O) groups excluding carboxylic acids is 1. The first kappa shape index (κ1) is 23.3. The number of amides is 1. The summed E-state index contributed by atoms with van der Waals surface area (Å²) in [5.74, 6) is 0.174. The maximum Gasteiger partial charge on any atom is 0.271 e. The lowest BCUT2D eigenvalue weighted by atomic mass is 10.2. The molecule has 0 aliphatic carbocycles. The van der Waals surface area contributed by atoms with Crippen molar-refractivity contribution < 1.29 is 19.4 Å². The number of anilines is 1. The Morgan fingerprint density at radius 1 is 1.12 bits per heavy atom. The standard InChI is InChI=1S/C21H20N6O6S/c28-19(22-15-3-1-4-17(11-15)27(31)32)13-34-21-24-23-20(25(21)12-18-5-2-10-33-18)14-6-8-16(9-7-14)26(29)30/h1,3-4,6-9,11,18H,2,5,10,12-13H2,(H,22,28)/t18-/m0/s1. The van der Waals surface area contributed by atoms with Crippen LogP contribution in [-0.4, -0.2) is 49.0 Å². The van der Waals surface area contributed by atoms with Crippen molar-refractivity contribution in [3.8, 4) is 11.4 Å². The van der Waals surface area contributed by atoms with E-state index >= 15 is 0 Å². The smallest absolute Gasteiger partial charge is 0.271 e. The lowest BCUT2D eigenvalue weighted by molar-refractivity contribution is -0.385. The van der Waals surface area contributed by atoms with E-state index in [2.05, 4.69) is 15.5 Å². The SMILES string of the molecule is O=C(CSc1nnc(-c2ccc([N+](=O)[O-])cc2)n1C[C@@H]1CCCO1)Nc1cccc([N+](=O)[O-])c1. The third-order valence-corrected chi connectivity index (χ3v) is 6.10. The number of thioether (sulfide) groups is 1. The highest BCUT2D eigenvalue weighted by Gasteiger charge is 2.23. The lowest BCUT2D eigenvalue weighted by Crippen LogP contribution is -2.18. The fraction of sp³-hybridized carbons (Fsp3) is 0.286. The molecule has 13 heteroatoms. The first-order valence-electron chi connectivity index (χ1n) is 10.4. The Morgan fingerprint density at radius 3 is 2.56 bits per heavy atom. The van der Waals surface area contributed by atoms with Gasteiger partial charge in [0.15, 0.2) is 11.0 Å². The fourth-order valence-corrected chi connectivity index (χ4v) is 4.27. The van der Waals surface area contributed by atoms with Crippen LogP contribution in [0.3, 0.4) is 0 Å². The summed E-state index contributed by atoms with van der Waals surface area (Å²) in [5.41, 5.74) is 0.840. The van der Waals surface area contributed by atoms with E-state index in [1.54, 1.807) is 18.2 Å². The van der Waals surface area contributed by atoms with Crippen LogP contribution in [0.15, 0.2) is 53.7 Å². The Morgan fingerprint density at radius 2 is 1.88 bits per heavy atom. The van der Waals surface area contributed by atoms with Gasteiger partial charge in [0.05, 0.1) is 28.2 Å². The molecule has 1 amide bonds. The number of ether oxygens (including phenoxy) is 1. The number of aromatic nitrogens is 3. The second kappa shape index (κ2) is 10.4. The molecule has 0 unspecified atom stereocenters. The number of benzene rings is 2. The predicted octanol–water partition coefficient (Wildman–Crippen LogP) is 3.67. The molecule has 2 aromatic carbocycles. The van der Waals surface area contributed by atoms with Crippen molar-refractivity contribution in [2.75, 3.05) is 17.7 Å². The molecule has 1 N–H and O–H groups in total. The highest BCUT2D eigenvalue weighted by atomic mass is 32.2. The van der Waals surface area contributed by atoms with Crippen molar-refractivity contribution >= 4 is 34.7 Å². The number of nitrogens with one attached hydrogen (secondary N) is 1. The van der Waals surface area contributed by atoms with Crippen LogP contribution in [0.25, 0.3) is 11.4 Å². The van der Waals surface area contributed by atoms with Gasteiger partial charge in [0.2, 0.25) is 5.91 Å². The molecule has 4 rings (SSSR count). The van der Waals surface area contributed by atoms with E-state index < -0.39 is 9.85 Å². The summed E-state index contributed by atoms with van der Waals surface area (Å²) in [5, 5.41) is 33.5. The van der Waals surface area contributed by atoms with E-state index in [0.717, 1.165) is 12.8 Å². The first-order chi connectivity index (χ1) is 16.4. The molecule has 0 saturated carbocycles. The zero-order valence-electron chi connectivity index (χ0n) is 17.8. The Balaban J connectivity index is 1.50. The maximum absolute atomic E-state index is 12.5. The molecular formula is C21H20N6O6S. The molecule has 0 spiro atoms. The van der Waals surface area contributed by atoms with Crippen molar-refractivity contribution in [3.63, 3.8) is 0 Å². The second-order valence-corrected chi connectivity index (χ2v) is 8.44. The van der Waals surface area contributed by atoms with Gasteiger partial charge < -0.3 is 10.1 Å². The molecule has 176 valence electrons. The van der Waals surface area contributed by atoms with Crippen LogP contribution in [0.5, 0.6) is 0 Å². The molecule has 1 atom stereocenters. The quantitative estimate of drug-likeness (QED) is 0.272. The molecule has 2 heterocycles. The highest BCUT2D eigenvalue weighted by molar-refractivity contribution is 7.99. The number of nitro groups is 2. The van der Waals surface area contributed by atoms with Crippen LogP contribution in [-0.2, 0) is 16.1 Å². The molecule has 3 aromatic rings. The average molecular weight is 484 g/mol. The molecule has 12 nitrogen and oxygen atoms in total. The summed E-state index contributed by atoms with van der Waals surface area (Å²) < 4.78 is 7.60. The maximum atomic E-state index is 12.5. The van der Waals surface area contributed by atoms with Gasteiger partial charge in [-0.25, -0.2) is 0 Å². The van der Waals surface area contributed by atoms with Gasteiger partial charge in [-0.15, -0.1) is 10.2 Å². The van der Waals surface area contributed by atoms with Gasteiger partial charge in [-0.1, -0.05) is 17.8 Å². The monoisotopic (exact) mass is 484 g/mol. The van der Waals surface area contributed by atoms with E-state index in [-0.39, 0.29) is 29.1 Å². The Hall–Kier alpha value is -3.84. The summed E-state index contributed by atoms with van der Waals surface area (Å²) in [4.78, 5) is 33.3. The average Bonchev–Trinajstić information content (AvgIpc) is 3.48. The Bertz CT molecular complexity index is 1210. The minimum Gasteiger partial charge on any atom is -0.376 e. The minimum atomic E-state index is -0.530. The van der Waals surface area contributed by atoms with Crippen LogP contribution < -0.4 is 5.32 Å². The number of hydrogen-bond acceptors (Lipinski definition) is 9. The van der Waals surface area contributed by atoms with E-state index in [4.69, 9.17) is 4.74 Å². The first-order valence-corrected chi connectivity index (χ1v) is 11.4. The number of nitro benzene ring substituents is 2. The molecule has 0 radical (unpaired) electrons. The molecule has 34 heavy (non-hydrogen) atoms. The third-order valence-electron chi connectivity index (χ3n) is 5.14. The van der Waals surface area contributed by atoms with Crippen LogP contribution in [0, 0.1) is 20.2 Å². The zero-order valence-corrected chi connectivity index (χ0v) is 18.6. The molecule has 1 aromatic heterocycles. The summed E-state index contributed by atoms with van der Waals surface area (Å²) in [6.45, 7) is 1.15. The third kappa shape index (κ3) is 5.55. The zero-order chi connectivity index (χ0) is 24.1. The molecule has 0 bridgehead atoms. The van der Waals surface area contributed by atoms with Crippen molar-refractivity contribution in [2.24, 2.45) is 0 Å². The fourth-order valence-electron chi connectivity index (χ4n) is 3.52. The topological polar surface area (TPSA) is 155 Å². The normalized spacial score (nSPS) is 15.2. The highest BCUT2D eigenvalue weighted by Crippen LogP contribution is 2.28. The number of rotatable bonds is 9. The predicted molar refractivity (Wildman–Crippen MR) is 124 cm³/mol. The van der Waals surface area contributed by atoms with Gasteiger partial charge in [0.1, 0.15) is 0 Å². The van der Waals surface area contributed by atoms with Crippen molar-refractivity contribution in [3.05, 3.63) is 68.8 Å². The molecule has 1 fully saturated rings.